The van der Waals surface area contributed by atoms with E-state index >= 15 is 0 Å². The van der Waals surface area contributed by atoms with Gasteiger partial charge in [-0.2, -0.15) is 0 Å². The summed E-state index contributed by atoms with van der Waals surface area (Å²) in [4.78, 5) is 58.3. The number of benzene rings is 7. The minimum absolute atomic E-state index is 0.00362. The van der Waals surface area contributed by atoms with Crippen molar-refractivity contribution in [3.05, 3.63) is 228 Å². The van der Waals surface area contributed by atoms with Crippen molar-refractivity contribution in [1.29, 1.82) is 0 Å². The van der Waals surface area contributed by atoms with E-state index in [1.54, 1.807) is 24.5 Å². The molecular weight excluding hydrogens is 1200 g/mol. The zero-order valence-electron chi connectivity index (χ0n) is 59.1. The molecule has 6 amide bonds. The molecule has 14 heteroatoms. The topological polar surface area (TPSA) is 129 Å². The second-order valence-corrected chi connectivity index (χ2v) is 27.1. The molecule has 0 saturated carbocycles. The summed E-state index contributed by atoms with van der Waals surface area (Å²) in [6.07, 6.45) is 16.8. The van der Waals surface area contributed by atoms with Crippen LogP contribution in [-0.4, -0.2) is 128 Å². The fourth-order valence-electron chi connectivity index (χ4n) is 14.2. The summed E-state index contributed by atoms with van der Waals surface area (Å²) in [6, 6.07) is 65.1. The predicted molar refractivity (Wildman–Crippen MR) is 401 cm³/mol. The minimum atomic E-state index is -0.0741. The molecule has 97 heavy (non-hydrogen) atoms. The number of nitrogens with zero attached hydrogens (tertiary/aromatic N) is 7. The van der Waals surface area contributed by atoms with Gasteiger partial charge in [0.05, 0.1) is 0 Å². The molecule has 3 aliphatic rings. The van der Waals surface area contributed by atoms with Crippen LogP contribution >= 0.6 is 0 Å². The monoisotopic (exact) mass is 1310 g/mol. The Morgan fingerprint density at radius 3 is 1.19 bits per heavy atom. The molecule has 3 unspecified atom stereocenters. The fraction of sp³-hybridized carbons (Fsp3) is 0.422. The molecule has 14 nitrogen and oxygen atoms in total. The third-order valence-electron chi connectivity index (χ3n) is 19.6. The number of aryl methyl sites for hydroxylation is 2. The summed E-state index contributed by atoms with van der Waals surface area (Å²) in [5, 5.41) is 11.8. The average molecular weight is 1310 g/mol. The molecule has 3 fully saturated rings. The summed E-state index contributed by atoms with van der Waals surface area (Å²) >= 11 is 0. The lowest BCUT2D eigenvalue weighted by molar-refractivity contribution is 0.0987. The highest BCUT2D eigenvalue weighted by Crippen LogP contribution is 2.30. The molecule has 514 valence electrons. The van der Waals surface area contributed by atoms with Gasteiger partial charge in [0.15, 0.2) is 0 Å². The van der Waals surface area contributed by atoms with E-state index in [0.29, 0.717) is 54.9 Å². The quantitative estimate of drug-likeness (QED) is 0.0578. The Bertz CT molecular complexity index is 3610. The first kappa shape index (κ1) is 72.7. The number of hydrogen-bond donors (Lipinski definition) is 3. The molecule has 8 aromatic rings. The van der Waals surface area contributed by atoms with Crippen molar-refractivity contribution in [2.24, 2.45) is 0 Å². The summed E-state index contributed by atoms with van der Waals surface area (Å²) in [7, 11) is 0. The zero-order valence-corrected chi connectivity index (χ0v) is 59.1. The third kappa shape index (κ3) is 22.5. The number of piperidine rings is 3. The third-order valence-corrected chi connectivity index (χ3v) is 19.6. The van der Waals surface area contributed by atoms with Gasteiger partial charge in [0, 0.05) is 131 Å². The lowest BCUT2D eigenvalue weighted by Gasteiger charge is -2.40. The van der Waals surface area contributed by atoms with Gasteiger partial charge in [-0.25, -0.2) is 14.4 Å². The molecule has 7 aromatic carbocycles. The van der Waals surface area contributed by atoms with Crippen LogP contribution in [0, 0.1) is 13.8 Å². The van der Waals surface area contributed by atoms with E-state index in [0.717, 1.165) is 111 Å². The van der Waals surface area contributed by atoms with Crippen LogP contribution in [0.3, 0.4) is 0 Å². The summed E-state index contributed by atoms with van der Waals surface area (Å²) in [6.45, 7) is 26.0. The van der Waals surface area contributed by atoms with Gasteiger partial charge in [-0.15, -0.1) is 0 Å². The number of rotatable bonds is 23. The molecule has 3 N–H and O–H groups in total. The van der Waals surface area contributed by atoms with Gasteiger partial charge in [0.1, 0.15) is 11.5 Å². The van der Waals surface area contributed by atoms with Gasteiger partial charge in [0.2, 0.25) is 0 Å². The first-order chi connectivity index (χ1) is 47.2. The van der Waals surface area contributed by atoms with Gasteiger partial charge >= 0.3 is 18.1 Å². The van der Waals surface area contributed by atoms with Gasteiger partial charge in [-0.1, -0.05) is 173 Å². The highest BCUT2D eigenvalue weighted by molar-refractivity contribution is 5.94. The molecule has 1 aromatic heterocycles. The van der Waals surface area contributed by atoms with E-state index in [4.69, 9.17) is 4.74 Å². The van der Waals surface area contributed by atoms with Gasteiger partial charge in [-0.3, -0.25) is 4.98 Å². The van der Waals surface area contributed by atoms with Crippen LogP contribution in [0.15, 0.2) is 200 Å². The van der Waals surface area contributed by atoms with E-state index in [2.05, 4.69) is 163 Å². The molecule has 3 atom stereocenters. The van der Waals surface area contributed by atoms with Crippen LogP contribution in [0.2, 0.25) is 0 Å². The van der Waals surface area contributed by atoms with E-state index in [-0.39, 0.29) is 36.2 Å². The van der Waals surface area contributed by atoms with Crippen molar-refractivity contribution < 1.29 is 19.1 Å². The normalized spacial score (nSPS) is 15.9. The Morgan fingerprint density at radius 2 is 0.784 bits per heavy atom. The number of urea groups is 3. The smallest absolute Gasteiger partial charge is 0.322 e. The minimum Gasteiger partial charge on any atom is -0.457 e. The van der Waals surface area contributed by atoms with Crippen molar-refractivity contribution >= 4 is 45.9 Å². The van der Waals surface area contributed by atoms with Crippen LogP contribution in [0.4, 0.5) is 31.4 Å². The summed E-state index contributed by atoms with van der Waals surface area (Å²) in [5.74, 6) is 1.38. The van der Waals surface area contributed by atoms with Crippen molar-refractivity contribution in [2.75, 3.05) is 55.2 Å². The number of anilines is 3. The van der Waals surface area contributed by atoms with Crippen molar-refractivity contribution in [3.63, 3.8) is 0 Å². The summed E-state index contributed by atoms with van der Waals surface area (Å²) in [5.41, 5.74) is 8.26. The van der Waals surface area contributed by atoms with E-state index in [1.807, 2.05) is 119 Å². The number of nitrogens with one attached hydrogen (secondary N) is 3. The maximum absolute atomic E-state index is 13.6. The molecular formula is C83H108N10O4. The second-order valence-electron chi connectivity index (χ2n) is 27.1. The molecule has 0 radical (unpaired) electrons. The molecule has 11 rings (SSSR count). The Labute approximate surface area is 579 Å². The standard InChI is InChI=1S/C29H36N4O2.C28H35N3O.C26H37N3O/c1-3-8-23(2)32-19-15-26(16-20-32)33(22-24-9-5-4-6-10-24)29(34)31-25-11-7-12-28(21-25)35-27-13-17-30-18-14-27;1-3-9-22(2)30-18-16-27(17-19-30)31(21-23-10-5-4-6-11-23)28(32)29-26-15-14-24-12-7-8-13-25(24)20-26;1-5-9-22(4)28-14-12-25(13-15-28)29(19-23-10-7-6-8-11-23)26(30)27-24-17-20(2)16-21(3)18-24/h4-7,9-14,17-18,21,23,26H,3,8,15-16,19-20,22H2,1-2H3,(H,31,34);4-8,10-15,20,22,27H,3,9,16-19,21H2,1-2H3,(H,29,32);6-8,10-11,16-18,22,25H,5,9,12-15,19H2,1-4H3,(H,27,30). The number of carbonyl (C=O) groups is 3. The number of amides is 6. The number of hydrogen-bond acceptors (Lipinski definition) is 8. The van der Waals surface area contributed by atoms with Crippen LogP contribution < -0.4 is 20.7 Å². The van der Waals surface area contributed by atoms with E-state index in [1.165, 1.54) is 55.0 Å². The Kier molecular flexibility index (Phi) is 28.3. The number of aromatic nitrogens is 1. The Balaban J connectivity index is 0.000000171. The average Bonchev–Trinajstić information content (AvgIpc) is 0.903. The number of ether oxygens (including phenoxy) is 1. The lowest BCUT2D eigenvalue weighted by atomic mass is 10.00. The van der Waals surface area contributed by atoms with Crippen molar-refractivity contribution in [1.82, 2.24) is 34.4 Å². The largest absolute Gasteiger partial charge is 0.457 e. The lowest BCUT2D eigenvalue weighted by Crippen LogP contribution is -2.50. The molecule has 4 heterocycles. The van der Waals surface area contributed by atoms with E-state index in [9.17, 15) is 14.4 Å². The highest BCUT2D eigenvalue weighted by Gasteiger charge is 2.33. The fourth-order valence-corrected chi connectivity index (χ4v) is 14.2. The Hall–Kier alpha value is -8.56. The van der Waals surface area contributed by atoms with Crippen molar-refractivity contribution in [2.45, 2.75) is 188 Å². The van der Waals surface area contributed by atoms with Gasteiger partial charge in [-0.05, 0) is 180 Å². The zero-order chi connectivity index (χ0) is 68.3. The highest BCUT2D eigenvalue weighted by atomic mass is 16.5. The first-order valence-electron chi connectivity index (χ1n) is 36.0. The molecule has 0 spiro atoms. The SMILES string of the molecule is CCCC(C)N1CCC(N(Cc2ccccc2)C(=O)Nc2cc(C)cc(C)c2)CC1.CCCC(C)N1CCC(N(Cc2ccccc2)C(=O)Nc2ccc3ccccc3c2)CC1.CCCC(C)N1CCC(N(Cc2ccccc2)C(=O)Nc2cccc(Oc3ccncc3)c2)CC1. The molecule has 0 aliphatic carbocycles. The summed E-state index contributed by atoms with van der Waals surface area (Å²) < 4.78 is 5.92. The van der Waals surface area contributed by atoms with Crippen LogP contribution in [0.5, 0.6) is 11.5 Å². The molecule has 3 aliphatic heterocycles. The maximum atomic E-state index is 13.6. The second kappa shape index (κ2) is 37.8. The maximum Gasteiger partial charge on any atom is 0.322 e. The van der Waals surface area contributed by atoms with Gasteiger partial charge < -0.3 is 50.1 Å². The van der Waals surface area contributed by atoms with Crippen LogP contribution in [0.25, 0.3) is 10.8 Å². The number of fused-ring (bicyclic) bond motifs is 1. The van der Waals surface area contributed by atoms with E-state index < -0.39 is 0 Å². The Morgan fingerprint density at radius 1 is 0.412 bits per heavy atom. The molecule has 0 bridgehead atoms. The van der Waals surface area contributed by atoms with Gasteiger partial charge in [0.25, 0.3) is 0 Å². The predicted octanol–water partition coefficient (Wildman–Crippen LogP) is 19.1. The number of pyridine rings is 1. The van der Waals surface area contributed by atoms with Crippen LogP contribution in [-0.2, 0) is 19.6 Å². The number of carbonyl (C=O) groups excluding carboxylic acids is 3. The van der Waals surface area contributed by atoms with Crippen LogP contribution in [0.1, 0.15) is 146 Å². The molecule has 3 saturated heterocycles. The first-order valence-corrected chi connectivity index (χ1v) is 36.0. The number of likely N-dealkylation sites (tertiary alicyclic amines) is 3. The van der Waals surface area contributed by atoms with Crippen molar-refractivity contribution in [3.8, 4) is 11.5 Å².